The lowest BCUT2D eigenvalue weighted by atomic mass is 10.0. The number of hydrogen-bond donors (Lipinski definition) is 1. The molecule has 5 heteroatoms. The molecule has 0 saturated carbocycles. The fourth-order valence-electron chi connectivity index (χ4n) is 4.16. The Morgan fingerprint density at radius 2 is 1.84 bits per heavy atom. The van der Waals surface area contributed by atoms with Crippen molar-refractivity contribution in [2.45, 2.75) is 19.8 Å². The Hall–Kier alpha value is -3.99. The smallest absolute Gasteiger partial charge is 0.339 e. The fourth-order valence-corrected chi connectivity index (χ4v) is 4.16. The molecule has 1 aliphatic rings. The summed E-state index contributed by atoms with van der Waals surface area (Å²) < 4.78 is 5.46. The van der Waals surface area contributed by atoms with Crippen LogP contribution >= 0.6 is 0 Å². The van der Waals surface area contributed by atoms with Crippen molar-refractivity contribution in [1.29, 1.82) is 0 Å². The van der Waals surface area contributed by atoms with E-state index in [9.17, 15) is 9.59 Å². The van der Waals surface area contributed by atoms with Gasteiger partial charge in [0.2, 0.25) is 5.78 Å². The molecule has 0 bridgehead atoms. The number of fused-ring (bicyclic) bond motifs is 2. The highest BCUT2D eigenvalue weighted by Crippen LogP contribution is 2.37. The number of esters is 1. The van der Waals surface area contributed by atoms with Crippen LogP contribution in [0.4, 0.5) is 0 Å². The maximum absolute atomic E-state index is 13.2. The van der Waals surface area contributed by atoms with E-state index < -0.39 is 5.97 Å². The molecule has 0 aliphatic heterocycles. The summed E-state index contributed by atoms with van der Waals surface area (Å²) in [5.74, 6) is -0.755. The number of Topliss-reactive ketones (excluding diaryl/α,β-unsaturated/α-hetero) is 1. The molecule has 2 heterocycles. The number of aromatic amines is 1. The van der Waals surface area contributed by atoms with Gasteiger partial charge in [0.15, 0.2) is 6.61 Å². The zero-order valence-corrected chi connectivity index (χ0v) is 17.7. The molecule has 0 atom stereocenters. The molecule has 0 radical (unpaired) electrons. The van der Waals surface area contributed by atoms with Gasteiger partial charge < -0.3 is 9.72 Å². The summed E-state index contributed by atoms with van der Waals surface area (Å²) in [5, 5.41) is 0.750. The van der Waals surface area contributed by atoms with Crippen LogP contribution in [0.5, 0.6) is 0 Å². The average molecular weight is 422 g/mol. The molecule has 0 unspecified atom stereocenters. The molecule has 2 aromatic carbocycles. The number of nitrogens with zero attached hydrogens (tertiary/aromatic N) is 1. The van der Waals surface area contributed by atoms with Crippen LogP contribution in [-0.4, -0.2) is 28.3 Å². The molecule has 0 saturated heterocycles. The molecule has 1 N–H and O–H groups in total. The Morgan fingerprint density at radius 1 is 1.03 bits per heavy atom. The number of carbonyl (C=O) groups is 2. The number of ether oxygens (including phenoxy) is 1. The number of aryl methyl sites for hydroxylation is 1. The van der Waals surface area contributed by atoms with Crippen molar-refractivity contribution < 1.29 is 14.3 Å². The molecule has 158 valence electrons. The molecule has 32 heavy (non-hydrogen) atoms. The number of benzene rings is 2. The minimum absolute atomic E-state index is 0.265. The summed E-state index contributed by atoms with van der Waals surface area (Å²) in [6, 6.07) is 19.3. The van der Waals surface area contributed by atoms with Gasteiger partial charge in [-0.05, 0) is 60.7 Å². The first-order valence-corrected chi connectivity index (χ1v) is 10.6. The van der Waals surface area contributed by atoms with E-state index in [2.05, 4.69) is 42.2 Å². The first-order chi connectivity index (χ1) is 15.6. The molecule has 0 spiro atoms. The summed E-state index contributed by atoms with van der Waals surface area (Å²) in [7, 11) is 0. The summed E-state index contributed by atoms with van der Waals surface area (Å²) in [6.45, 7) is 1.75. The zero-order chi connectivity index (χ0) is 22.1. The van der Waals surface area contributed by atoms with Crippen LogP contribution in [0, 0.1) is 6.92 Å². The average Bonchev–Trinajstić information content (AvgIpc) is 3.48. The summed E-state index contributed by atoms with van der Waals surface area (Å²) in [4.78, 5) is 33.2. The summed E-state index contributed by atoms with van der Waals surface area (Å²) >= 11 is 0. The molecule has 4 aromatic rings. The predicted molar refractivity (Wildman–Crippen MR) is 125 cm³/mol. The number of aromatic nitrogens is 2. The van der Waals surface area contributed by atoms with E-state index in [4.69, 9.17) is 9.72 Å². The van der Waals surface area contributed by atoms with Crippen molar-refractivity contribution in [3.05, 3.63) is 101 Å². The van der Waals surface area contributed by atoms with E-state index in [0.29, 0.717) is 17.7 Å². The van der Waals surface area contributed by atoms with Crippen LogP contribution in [-0.2, 0) is 11.2 Å². The zero-order valence-electron chi connectivity index (χ0n) is 17.7. The largest absolute Gasteiger partial charge is 0.454 e. The van der Waals surface area contributed by atoms with Gasteiger partial charge in [0.05, 0.1) is 22.5 Å². The molecular weight excluding hydrogens is 400 g/mol. The van der Waals surface area contributed by atoms with Gasteiger partial charge in [0, 0.05) is 11.6 Å². The quantitative estimate of drug-likeness (QED) is 0.345. The summed E-state index contributed by atoms with van der Waals surface area (Å²) in [5.41, 5.74) is 6.82. The topological polar surface area (TPSA) is 72.0 Å². The van der Waals surface area contributed by atoms with Gasteiger partial charge in [-0.15, -0.1) is 0 Å². The van der Waals surface area contributed by atoms with Gasteiger partial charge in [-0.1, -0.05) is 48.0 Å². The van der Waals surface area contributed by atoms with Gasteiger partial charge in [-0.25, -0.2) is 9.78 Å². The van der Waals surface area contributed by atoms with E-state index in [1.807, 2.05) is 24.3 Å². The number of carbonyl (C=O) groups excluding carboxylic acids is 2. The Morgan fingerprint density at radius 3 is 2.62 bits per heavy atom. The van der Waals surface area contributed by atoms with Crippen molar-refractivity contribution >= 4 is 34.3 Å². The van der Waals surface area contributed by atoms with E-state index in [0.717, 1.165) is 39.7 Å². The first kappa shape index (κ1) is 19.9. The number of ketones is 1. The minimum Gasteiger partial charge on any atom is -0.454 e. The lowest BCUT2D eigenvalue weighted by Gasteiger charge is -2.12. The second-order valence-corrected chi connectivity index (χ2v) is 7.99. The van der Waals surface area contributed by atoms with Gasteiger partial charge in [0.1, 0.15) is 0 Å². The van der Waals surface area contributed by atoms with Crippen LogP contribution in [0.25, 0.3) is 22.6 Å². The van der Waals surface area contributed by atoms with Crippen molar-refractivity contribution in [3.8, 4) is 0 Å². The van der Waals surface area contributed by atoms with Crippen LogP contribution in [0.15, 0.2) is 66.9 Å². The molecule has 2 aromatic heterocycles. The normalized spacial score (nSPS) is 14.0. The number of allylic oxidation sites excluding steroid dienone is 1. The third-order valence-electron chi connectivity index (χ3n) is 5.80. The van der Waals surface area contributed by atoms with Crippen molar-refractivity contribution in [1.82, 2.24) is 9.97 Å². The minimum atomic E-state index is -0.489. The SMILES string of the molecule is Cc1ccc(C=C2CCc3c2nc2ccccc2c3C(=O)OCC(=O)c2ccc[nH]2)cc1. The highest BCUT2D eigenvalue weighted by molar-refractivity contribution is 6.08. The highest BCUT2D eigenvalue weighted by atomic mass is 16.5. The maximum Gasteiger partial charge on any atom is 0.339 e. The number of hydrogen-bond acceptors (Lipinski definition) is 4. The summed E-state index contributed by atoms with van der Waals surface area (Å²) in [6.07, 6.45) is 5.31. The molecule has 5 nitrogen and oxygen atoms in total. The van der Waals surface area contributed by atoms with E-state index in [1.54, 1.807) is 18.3 Å². The van der Waals surface area contributed by atoms with Crippen LogP contribution in [0.3, 0.4) is 0 Å². The van der Waals surface area contributed by atoms with Crippen molar-refractivity contribution in [2.24, 2.45) is 0 Å². The molecular formula is C27H22N2O3. The second kappa shape index (κ2) is 8.27. The number of nitrogens with one attached hydrogen (secondary N) is 1. The van der Waals surface area contributed by atoms with Crippen LogP contribution in [0.1, 0.15) is 49.7 Å². The highest BCUT2D eigenvalue weighted by Gasteiger charge is 2.28. The maximum atomic E-state index is 13.2. The van der Waals surface area contributed by atoms with Gasteiger partial charge in [-0.2, -0.15) is 0 Å². The van der Waals surface area contributed by atoms with Gasteiger partial charge >= 0.3 is 5.97 Å². The number of H-pyrrole nitrogens is 1. The second-order valence-electron chi connectivity index (χ2n) is 7.99. The van der Waals surface area contributed by atoms with Gasteiger partial charge in [-0.3, -0.25) is 4.79 Å². The Kier molecular flexibility index (Phi) is 5.15. The van der Waals surface area contributed by atoms with Crippen molar-refractivity contribution in [3.63, 3.8) is 0 Å². The molecule has 5 rings (SSSR count). The number of para-hydroxylation sites is 1. The lowest BCUT2D eigenvalue weighted by Crippen LogP contribution is -2.16. The van der Waals surface area contributed by atoms with Gasteiger partial charge in [0.25, 0.3) is 0 Å². The lowest BCUT2D eigenvalue weighted by molar-refractivity contribution is 0.0474. The standard InChI is InChI=1S/C27H22N2O3/c1-17-8-10-18(11-9-17)15-19-12-13-21-25(20-5-2-3-6-22(20)29-26(19)21)27(31)32-16-24(30)23-7-4-14-28-23/h2-11,14-15,28H,12-13,16H2,1H3. The van der Waals surface area contributed by atoms with Crippen LogP contribution in [0.2, 0.25) is 0 Å². The first-order valence-electron chi connectivity index (χ1n) is 10.6. The fraction of sp³-hybridized carbons (Fsp3) is 0.148. The number of rotatable bonds is 5. The van der Waals surface area contributed by atoms with Crippen LogP contribution < -0.4 is 0 Å². The molecule has 0 amide bonds. The Balaban J connectivity index is 1.52. The van der Waals surface area contributed by atoms with Crippen molar-refractivity contribution in [2.75, 3.05) is 6.61 Å². The number of pyridine rings is 1. The Bertz CT molecular complexity index is 1350. The predicted octanol–water partition coefficient (Wildman–Crippen LogP) is 5.40. The van der Waals surface area contributed by atoms with E-state index in [1.165, 1.54) is 5.56 Å². The Labute approximate surface area is 185 Å². The molecule has 1 aliphatic carbocycles. The van der Waals surface area contributed by atoms with E-state index >= 15 is 0 Å². The molecule has 0 fully saturated rings. The monoisotopic (exact) mass is 422 g/mol. The third-order valence-corrected chi connectivity index (χ3v) is 5.80. The van der Waals surface area contributed by atoms with E-state index in [-0.39, 0.29) is 12.4 Å². The third kappa shape index (κ3) is 3.73.